The van der Waals surface area contributed by atoms with Crippen molar-refractivity contribution in [2.45, 2.75) is 77.6 Å². The van der Waals surface area contributed by atoms with Gasteiger partial charge < -0.3 is 10.6 Å². The van der Waals surface area contributed by atoms with Crippen LogP contribution in [0.15, 0.2) is 48.5 Å². The van der Waals surface area contributed by atoms with Gasteiger partial charge >= 0.3 is 0 Å². The Hall–Kier alpha value is -3.14. The first-order valence-corrected chi connectivity index (χ1v) is 14.1. The van der Waals surface area contributed by atoms with Crippen LogP contribution in [0.3, 0.4) is 0 Å². The number of rotatable bonds is 15. The molecule has 38 heavy (non-hydrogen) atoms. The van der Waals surface area contributed by atoms with Gasteiger partial charge in [0.1, 0.15) is 5.82 Å². The highest BCUT2D eigenvalue weighted by molar-refractivity contribution is 6.36. The number of anilines is 3. The Labute approximate surface area is 235 Å². The summed E-state index contributed by atoms with van der Waals surface area (Å²) in [5.74, 6) is 0.668. The molecule has 2 N–H and O–H groups in total. The van der Waals surface area contributed by atoms with Crippen molar-refractivity contribution in [1.82, 2.24) is 9.97 Å². The summed E-state index contributed by atoms with van der Waals surface area (Å²) >= 11 is 12.8. The third kappa shape index (κ3) is 9.96. The fourth-order valence-corrected chi connectivity index (χ4v) is 4.68. The van der Waals surface area contributed by atoms with Gasteiger partial charge in [-0.25, -0.2) is 4.98 Å². The molecule has 0 unspecified atom stereocenters. The van der Waals surface area contributed by atoms with E-state index in [4.69, 9.17) is 28.5 Å². The number of unbranched alkanes of at least 4 members (excludes halogenated alkanes) is 8. The number of nitriles is 1. The minimum absolute atomic E-state index is 0.0716. The molecule has 0 saturated carbocycles. The van der Waals surface area contributed by atoms with Crippen molar-refractivity contribution >= 4 is 46.6 Å². The molecule has 0 spiro atoms. The number of carbonyl (C=O) groups is 1. The van der Waals surface area contributed by atoms with E-state index in [-0.39, 0.29) is 5.91 Å². The van der Waals surface area contributed by atoms with Crippen LogP contribution in [0, 0.1) is 11.3 Å². The predicted octanol–water partition coefficient (Wildman–Crippen LogP) is 8.85. The van der Waals surface area contributed by atoms with Crippen LogP contribution < -0.4 is 10.6 Å². The topological polar surface area (TPSA) is 90.7 Å². The Morgan fingerprint density at radius 1 is 0.895 bits per heavy atom. The molecule has 1 aromatic heterocycles. The van der Waals surface area contributed by atoms with Crippen molar-refractivity contribution < 1.29 is 4.79 Å². The van der Waals surface area contributed by atoms with Crippen LogP contribution >= 0.6 is 23.2 Å². The van der Waals surface area contributed by atoms with Crippen LogP contribution in [0.25, 0.3) is 0 Å². The molecule has 0 radical (unpaired) electrons. The quantitative estimate of drug-likeness (QED) is 0.184. The van der Waals surface area contributed by atoms with Gasteiger partial charge in [-0.2, -0.15) is 10.2 Å². The van der Waals surface area contributed by atoms with Crippen LogP contribution in [-0.4, -0.2) is 15.9 Å². The van der Waals surface area contributed by atoms with Crippen LogP contribution in [0.5, 0.6) is 0 Å². The van der Waals surface area contributed by atoms with Gasteiger partial charge in [-0.15, -0.1) is 0 Å². The van der Waals surface area contributed by atoms with Gasteiger partial charge in [0.2, 0.25) is 11.9 Å². The molecule has 3 rings (SSSR count). The van der Waals surface area contributed by atoms with E-state index in [0.29, 0.717) is 45.9 Å². The summed E-state index contributed by atoms with van der Waals surface area (Å²) in [4.78, 5) is 21.8. The SMILES string of the molecule is CCCCCCCCCCCC(=O)Nc1cc(Cc2c(Cl)cccc2Cl)nc(Nc2ccc(C#N)cc2)n1. The average Bonchev–Trinajstić information content (AvgIpc) is 2.90. The first-order chi connectivity index (χ1) is 18.5. The summed E-state index contributed by atoms with van der Waals surface area (Å²) in [5.41, 5.74) is 2.70. The van der Waals surface area contributed by atoms with E-state index in [0.717, 1.165) is 30.5 Å². The maximum atomic E-state index is 12.7. The molecule has 2 aromatic carbocycles. The van der Waals surface area contributed by atoms with E-state index < -0.39 is 0 Å². The zero-order chi connectivity index (χ0) is 27.2. The van der Waals surface area contributed by atoms with Gasteiger partial charge in [0, 0.05) is 34.6 Å². The second-order valence-electron chi connectivity index (χ2n) is 9.39. The molecule has 0 aliphatic carbocycles. The molecule has 1 heterocycles. The molecule has 0 bridgehead atoms. The highest BCUT2D eigenvalue weighted by atomic mass is 35.5. The van der Waals surface area contributed by atoms with Gasteiger partial charge in [-0.05, 0) is 48.4 Å². The standard InChI is InChI=1S/C30H35Cl2N5O/c1-2-3-4-5-6-7-8-9-10-14-29(38)36-28-20-24(19-25-26(31)12-11-13-27(25)32)35-30(37-28)34-23-17-15-22(21-33)16-18-23/h11-13,15-18,20H,2-10,14,19H2,1H3,(H2,34,35,36,37,38). The molecule has 3 aromatic rings. The largest absolute Gasteiger partial charge is 0.324 e. The van der Waals surface area contributed by atoms with E-state index in [1.165, 1.54) is 38.5 Å². The van der Waals surface area contributed by atoms with Gasteiger partial charge in [0.25, 0.3) is 0 Å². The van der Waals surface area contributed by atoms with Crippen molar-refractivity contribution in [3.05, 3.63) is 75.4 Å². The van der Waals surface area contributed by atoms with Crippen molar-refractivity contribution in [3.8, 4) is 6.07 Å². The van der Waals surface area contributed by atoms with Crippen molar-refractivity contribution in [2.24, 2.45) is 0 Å². The summed E-state index contributed by atoms with van der Waals surface area (Å²) in [6.45, 7) is 2.23. The summed E-state index contributed by atoms with van der Waals surface area (Å²) in [5, 5.41) is 16.2. The van der Waals surface area contributed by atoms with E-state index in [1.54, 1.807) is 48.5 Å². The number of amides is 1. The van der Waals surface area contributed by atoms with Crippen LogP contribution in [0.4, 0.5) is 17.5 Å². The number of hydrogen-bond acceptors (Lipinski definition) is 5. The molecule has 1 amide bonds. The average molecular weight is 553 g/mol. The number of benzene rings is 2. The molecule has 200 valence electrons. The van der Waals surface area contributed by atoms with E-state index in [2.05, 4.69) is 33.6 Å². The maximum Gasteiger partial charge on any atom is 0.229 e. The number of aromatic nitrogens is 2. The van der Waals surface area contributed by atoms with Gasteiger partial charge in [0.05, 0.1) is 17.3 Å². The molecule has 0 atom stereocenters. The summed E-state index contributed by atoms with van der Waals surface area (Å²) in [6, 6.07) is 16.2. The lowest BCUT2D eigenvalue weighted by Gasteiger charge is -2.12. The summed E-state index contributed by atoms with van der Waals surface area (Å²) < 4.78 is 0. The highest BCUT2D eigenvalue weighted by Crippen LogP contribution is 2.27. The van der Waals surface area contributed by atoms with Crippen molar-refractivity contribution in [2.75, 3.05) is 10.6 Å². The zero-order valence-electron chi connectivity index (χ0n) is 21.9. The predicted molar refractivity (Wildman–Crippen MR) is 156 cm³/mol. The maximum absolute atomic E-state index is 12.7. The first kappa shape index (κ1) is 29.4. The first-order valence-electron chi connectivity index (χ1n) is 13.4. The number of carbonyl (C=O) groups excluding carboxylic acids is 1. The number of nitrogens with zero attached hydrogens (tertiary/aromatic N) is 3. The van der Waals surface area contributed by atoms with Crippen LogP contribution in [-0.2, 0) is 11.2 Å². The molecular weight excluding hydrogens is 517 g/mol. The van der Waals surface area contributed by atoms with Crippen molar-refractivity contribution in [1.29, 1.82) is 5.26 Å². The number of halogens is 2. The Morgan fingerprint density at radius 3 is 2.16 bits per heavy atom. The summed E-state index contributed by atoms with van der Waals surface area (Å²) in [7, 11) is 0. The van der Waals surface area contributed by atoms with E-state index >= 15 is 0 Å². The van der Waals surface area contributed by atoms with Gasteiger partial charge in [-0.1, -0.05) is 87.6 Å². The lowest BCUT2D eigenvalue weighted by Crippen LogP contribution is -2.14. The lowest BCUT2D eigenvalue weighted by atomic mass is 10.1. The molecule has 0 fully saturated rings. The van der Waals surface area contributed by atoms with Crippen molar-refractivity contribution in [3.63, 3.8) is 0 Å². The normalized spacial score (nSPS) is 10.7. The minimum atomic E-state index is -0.0716. The Balaban J connectivity index is 1.64. The van der Waals surface area contributed by atoms with Crippen LogP contribution in [0.1, 0.15) is 88.0 Å². The molecular formula is C30H35Cl2N5O. The van der Waals surface area contributed by atoms with E-state index in [1.807, 2.05) is 0 Å². The monoisotopic (exact) mass is 551 g/mol. The Bertz CT molecular complexity index is 1200. The zero-order valence-corrected chi connectivity index (χ0v) is 23.4. The Morgan fingerprint density at radius 2 is 1.53 bits per heavy atom. The molecule has 0 aliphatic heterocycles. The minimum Gasteiger partial charge on any atom is -0.324 e. The molecule has 6 nitrogen and oxygen atoms in total. The van der Waals surface area contributed by atoms with E-state index in [9.17, 15) is 4.79 Å². The number of nitrogens with one attached hydrogen (secondary N) is 2. The second kappa shape index (κ2) is 16.0. The Kier molecular flexibility index (Phi) is 12.4. The highest BCUT2D eigenvalue weighted by Gasteiger charge is 2.13. The number of hydrogen-bond donors (Lipinski definition) is 2. The second-order valence-corrected chi connectivity index (χ2v) is 10.2. The molecule has 0 aliphatic rings. The lowest BCUT2D eigenvalue weighted by molar-refractivity contribution is -0.116. The summed E-state index contributed by atoms with van der Waals surface area (Å²) in [6.07, 6.45) is 11.6. The molecule has 8 heteroatoms. The van der Waals surface area contributed by atoms with Gasteiger partial charge in [-0.3, -0.25) is 4.79 Å². The fraction of sp³-hybridized carbons (Fsp3) is 0.400. The smallest absolute Gasteiger partial charge is 0.229 e. The third-order valence-electron chi connectivity index (χ3n) is 6.24. The third-order valence-corrected chi connectivity index (χ3v) is 6.95. The van der Waals surface area contributed by atoms with Crippen LogP contribution in [0.2, 0.25) is 10.0 Å². The fourth-order valence-electron chi connectivity index (χ4n) is 4.15. The molecule has 0 saturated heterocycles. The van der Waals surface area contributed by atoms with Gasteiger partial charge in [0.15, 0.2) is 0 Å².